The summed E-state index contributed by atoms with van der Waals surface area (Å²) in [5.74, 6) is 0.470. The van der Waals surface area contributed by atoms with Crippen molar-refractivity contribution < 1.29 is 9.84 Å². The highest BCUT2D eigenvalue weighted by molar-refractivity contribution is 6.08. The van der Waals surface area contributed by atoms with Gasteiger partial charge in [-0.15, -0.1) is 0 Å². The molecule has 4 aromatic heterocycles. The summed E-state index contributed by atoms with van der Waals surface area (Å²) in [6.45, 7) is 3.92. The Balaban J connectivity index is 1.93. The topological polar surface area (TPSA) is 113 Å². The first-order chi connectivity index (χ1) is 15.0. The third kappa shape index (κ3) is 2.76. The quantitative estimate of drug-likeness (QED) is 0.417. The molecule has 0 fully saturated rings. The number of aromatic hydroxyl groups is 1. The van der Waals surface area contributed by atoms with Crippen molar-refractivity contribution in [2.24, 2.45) is 0 Å². The lowest BCUT2D eigenvalue weighted by Crippen LogP contribution is -2.16. The second-order valence-corrected chi connectivity index (χ2v) is 7.31. The molecule has 0 saturated carbocycles. The first kappa shape index (κ1) is 18.8. The van der Waals surface area contributed by atoms with E-state index in [1.807, 2.05) is 50.2 Å². The van der Waals surface area contributed by atoms with Gasteiger partial charge in [0.05, 0.1) is 46.8 Å². The SMILES string of the molecule is COc1ccc(C)c(-n2c(=N)c3c(O)nc(-c4ccccn4)cc4[nH]cnc2c43)c1C. The Labute approximate surface area is 177 Å². The van der Waals surface area contributed by atoms with Crippen molar-refractivity contribution in [3.63, 3.8) is 0 Å². The van der Waals surface area contributed by atoms with E-state index in [1.165, 1.54) is 0 Å². The van der Waals surface area contributed by atoms with Crippen molar-refractivity contribution in [1.29, 1.82) is 5.41 Å². The standard InChI is InChI=1S/C23H20N6O2/c1-12-7-8-17(31-3)13(2)20(12)29-21(24)19-18-16(26-11-27-22(18)29)10-15(28-23(19)30)14-6-4-5-9-25-14/h4-11,24,30H,1-3H3,(H,26,27). The van der Waals surface area contributed by atoms with Gasteiger partial charge in [0.15, 0.2) is 5.65 Å². The Morgan fingerprint density at radius 2 is 1.90 bits per heavy atom. The third-order valence-corrected chi connectivity index (χ3v) is 5.51. The zero-order chi connectivity index (χ0) is 21.7. The number of aromatic nitrogens is 5. The number of methoxy groups -OCH3 is 1. The summed E-state index contributed by atoms with van der Waals surface area (Å²) < 4.78 is 7.23. The second-order valence-electron chi connectivity index (χ2n) is 7.31. The van der Waals surface area contributed by atoms with Crippen LogP contribution >= 0.6 is 0 Å². The smallest absolute Gasteiger partial charge is 0.223 e. The van der Waals surface area contributed by atoms with Crippen LogP contribution in [0.25, 0.3) is 39.0 Å². The van der Waals surface area contributed by atoms with E-state index < -0.39 is 0 Å². The third-order valence-electron chi connectivity index (χ3n) is 5.51. The molecule has 0 spiro atoms. The monoisotopic (exact) mass is 412 g/mol. The summed E-state index contributed by atoms with van der Waals surface area (Å²) in [4.78, 5) is 16.4. The van der Waals surface area contributed by atoms with Gasteiger partial charge in [0.2, 0.25) is 5.88 Å². The summed E-state index contributed by atoms with van der Waals surface area (Å²) in [6.07, 6.45) is 3.25. The molecule has 5 aromatic rings. The van der Waals surface area contributed by atoms with Crippen LogP contribution in [-0.2, 0) is 0 Å². The summed E-state index contributed by atoms with van der Waals surface area (Å²) >= 11 is 0. The molecule has 0 aliphatic carbocycles. The second kappa shape index (κ2) is 6.94. The van der Waals surface area contributed by atoms with E-state index in [1.54, 1.807) is 24.2 Å². The Kier molecular flexibility index (Phi) is 4.21. The van der Waals surface area contributed by atoms with Crippen molar-refractivity contribution in [2.45, 2.75) is 13.8 Å². The molecule has 0 aliphatic heterocycles. The van der Waals surface area contributed by atoms with Gasteiger partial charge >= 0.3 is 0 Å². The number of aromatic amines is 1. The average molecular weight is 412 g/mol. The van der Waals surface area contributed by atoms with Crippen molar-refractivity contribution in [3.8, 4) is 28.7 Å². The van der Waals surface area contributed by atoms with Gasteiger partial charge in [-0.2, -0.15) is 0 Å². The van der Waals surface area contributed by atoms with Gasteiger partial charge < -0.3 is 14.8 Å². The van der Waals surface area contributed by atoms with Gasteiger partial charge in [0.25, 0.3) is 0 Å². The van der Waals surface area contributed by atoms with Crippen molar-refractivity contribution in [3.05, 3.63) is 65.5 Å². The molecule has 0 saturated heterocycles. The van der Waals surface area contributed by atoms with Crippen LogP contribution in [0.3, 0.4) is 0 Å². The Morgan fingerprint density at radius 1 is 1.06 bits per heavy atom. The first-order valence-corrected chi connectivity index (χ1v) is 9.73. The molecule has 8 heteroatoms. The van der Waals surface area contributed by atoms with Gasteiger partial charge in [-0.25, -0.2) is 9.97 Å². The Bertz CT molecular complexity index is 1520. The maximum Gasteiger partial charge on any atom is 0.223 e. The normalized spacial score (nSPS) is 11.3. The van der Waals surface area contributed by atoms with Gasteiger partial charge in [-0.1, -0.05) is 12.1 Å². The number of rotatable bonds is 3. The molecule has 4 heterocycles. The van der Waals surface area contributed by atoms with E-state index in [0.29, 0.717) is 39.1 Å². The zero-order valence-corrected chi connectivity index (χ0v) is 17.3. The van der Waals surface area contributed by atoms with Crippen LogP contribution in [0.1, 0.15) is 11.1 Å². The van der Waals surface area contributed by atoms with Crippen molar-refractivity contribution in [1.82, 2.24) is 24.5 Å². The van der Waals surface area contributed by atoms with Crippen LogP contribution in [0, 0.1) is 19.3 Å². The van der Waals surface area contributed by atoms with E-state index >= 15 is 0 Å². The first-order valence-electron chi connectivity index (χ1n) is 9.73. The molecule has 3 N–H and O–H groups in total. The van der Waals surface area contributed by atoms with Crippen LogP contribution in [0.2, 0.25) is 0 Å². The van der Waals surface area contributed by atoms with Crippen LogP contribution in [0.5, 0.6) is 11.6 Å². The number of hydrogen-bond acceptors (Lipinski definition) is 6. The Hall–Kier alpha value is -4.20. The van der Waals surface area contributed by atoms with E-state index in [0.717, 1.165) is 16.8 Å². The van der Waals surface area contributed by atoms with Crippen LogP contribution < -0.4 is 10.2 Å². The summed E-state index contributed by atoms with van der Waals surface area (Å²) in [7, 11) is 1.62. The fourth-order valence-corrected chi connectivity index (χ4v) is 4.09. The highest BCUT2D eigenvalue weighted by Gasteiger charge is 2.22. The lowest BCUT2D eigenvalue weighted by Gasteiger charge is -2.15. The van der Waals surface area contributed by atoms with Crippen molar-refractivity contribution >= 4 is 21.9 Å². The molecule has 1 aromatic carbocycles. The average Bonchev–Trinajstić information content (AvgIpc) is 2.97. The number of benzene rings is 1. The number of aryl methyl sites for hydroxylation is 1. The summed E-state index contributed by atoms with van der Waals surface area (Å²) in [6, 6.07) is 11.2. The molecule has 0 atom stereocenters. The minimum Gasteiger partial charge on any atom is -0.496 e. The number of ether oxygens (including phenoxy) is 1. The molecule has 31 heavy (non-hydrogen) atoms. The van der Waals surface area contributed by atoms with Crippen molar-refractivity contribution in [2.75, 3.05) is 7.11 Å². The minimum absolute atomic E-state index is 0.0970. The molecule has 0 unspecified atom stereocenters. The fraction of sp³-hybridized carbons (Fsp3) is 0.130. The molecule has 154 valence electrons. The molecular weight excluding hydrogens is 392 g/mol. The van der Waals surface area contributed by atoms with Gasteiger partial charge in [0.1, 0.15) is 11.2 Å². The number of hydrogen-bond donors (Lipinski definition) is 3. The molecular formula is C23H20N6O2. The molecule has 0 radical (unpaired) electrons. The van der Waals surface area contributed by atoms with Crippen LogP contribution in [-0.4, -0.2) is 36.7 Å². The van der Waals surface area contributed by atoms with E-state index in [2.05, 4.69) is 19.9 Å². The highest BCUT2D eigenvalue weighted by atomic mass is 16.5. The van der Waals surface area contributed by atoms with Gasteiger partial charge in [-0.3, -0.25) is 15.0 Å². The fourth-order valence-electron chi connectivity index (χ4n) is 4.09. The molecule has 8 nitrogen and oxygen atoms in total. The number of pyridine rings is 1. The molecule has 5 rings (SSSR count). The predicted octanol–water partition coefficient (Wildman–Crippen LogP) is 3.77. The zero-order valence-electron chi connectivity index (χ0n) is 17.3. The summed E-state index contributed by atoms with van der Waals surface area (Å²) in [5, 5.41) is 20.8. The van der Waals surface area contributed by atoms with Crippen LogP contribution in [0.4, 0.5) is 0 Å². The largest absolute Gasteiger partial charge is 0.496 e. The van der Waals surface area contributed by atoms with E-state index in [9.17, 15) is 5.11 Å². The lowest BCUT2D eigenvalue weighted by molar-refractivity contribution is 0.411. The lowest BCUT2D eigenvalue weighted by atomic mass is 10.1. The number of nitrogens with zero attached hydrogens (tertiary/aromatic N) is 4. The van der Waals surface area contributed by atoms with Crippen LogP contribution in [0.15, 0.2) is 48.9 Å². The molecule has 0 aliphatic rings. The Morgan fingerprint density at radius 3 is 2.65 bits per heavy atom. The molecule has 0 amide bonds. The van der Waals surface area contributed by atoms with E-state index in [-0.39, 0.29) is 11.4 Å². The maximum absolute atomic E-state index is 10.9. The number of H-pyrrole nitrogens is 1. The minimum atomic E-state index is -0.246. The van der Waals surface area contributed by atoms with E-state index in [4.69, 9.17) is 10.1 Å². The maximum atomic E-state index is 10.9. The predicted molar refractivity (Wildman–Crippen MR) is 117 cm³/mol. The highest BCUT2D eigenvalue weighted by Crippen LogP contribution is 2.34. The molecule has 0 bridgehead atoms. The summed E-state index contributed by atoms with van der Waals surface area (Å²) in [5.41, 5.74) is 5.10. The van der Waals surface area contributed by atoms with Gasteiger partial charge in [0, 0.05) is 11.8 Å². The van der Waals surface area contributed by atoms with Gasteiger partial charge in [-0.05, 0) is 43.7 Å². The number of nitrogens with one attached hydrogen (secondary N) is 2.